The van der Waals surface area contributed by atoms with Gasteiger partial charge in [-0.15, -0.1) is 0 Å². The van der Waals surface area contributed by atoms with Gasteiger partial charge in [0.2, 0.25) is 5.91 Å². The third-order valence-electron chi connectivity index (χ3n) is 2.77. The summed E-state index contributed by atoms with van der Waals surface area (Å²) < 4.78 is 5.55. The van der Waals surface area contributed by atoms with Crippen molar-refractivity contribution in [3.8, 4) is 5.75 Å². The average molecular weight is 316 g/mol. The topological polar surface area (TPSA) is 38.3 Å². The van der Waals surface area contributed by atoms with E-state index in [1.54, 1.807) is 18.2 Å². The molecule has 0 aliphatic rings. The average Bonchev–Trinajstić information content (AvgIpc) is 2.47. The van der Waals surface area contributed by atoms with E-state index in [4.69, 9.17) is 16.3 Å². The number of nitrogens with one attached hydrogen (secondary N) is 1. The van der Waals surface area contributed by atoms with E-state index < -0.39 is 0 Å². The summed E-state index contributed by atoms with van der Waals surface area (Å²) in [6.07, 6.45) is 3.32. The van der Waals surface area contributed by atoms with Gasteiger partial charge in [0.15, 0.2) is 0 Å². The van der Waals surface area contributed by atoms with Gasteiger partial charge in [-0.25, -0.2) is 0 Å². The van der Waals surface area contributed by atoms with Crippen molar-refractivity contribution in [1.82, 2.24) is 0 Å². The Labute approximate surface area is 135 Å². The molecule has 0 bridgehead atoms. The normalized spacial score (nSPS) is 10.9. The fraction of sp³-hybridized carbons (Fsp3) is 0.167. The second-order valence-corrected chi connectivity index (χ2v) is 5.51. The predicted molar refractivity (Wildman–Crippen MR) is 91.3 cm³/mol. The number of hydrogen-bond donors (Lipinski definition) is 1. The largest absolute Gasteiger partial charge is 0.491 e. The van der Waals surface area contributed by atoms with Crippen LogP contribution in [0.3, 0.4) is 0 Å². The molecular formula is C18H18ClNO2. The van der Waals surface area contributed by atoms with Crippen LogP contribution in [-0.2, 0) is 4.79 Å². The van der Waals surface area contributed by atoms with Crippen LogP contribution in [-0.4, -0.2) is 12.0 Å². The van der Waals surface area contributed by atoms with Crippen LogP contribution in [0, 0.1) is 0 Å². The van der Waals surface area contributed by atoms with Crippen molar-refractivity contribution in [3.63, 3.8) is 0 Å². The first-order chi connectivity index (χ1) is 10.5. The van der Waals surface area contributed by atoms with Crippen molar-refractivity contribution < 1.29 is 9.53 Å². The molecule has 22 heavy (non-hydrogen) atoms. The predicted octanol–water partition coefficient (Wildman–Crippen LogP) is 4.78. The third-order valence-corrected chi connectivity index (χ3v) is 3.00. The molecule has 0 aliphatic heterocycles. The zero-order chi connectivity index (χ0) is 15.9. The molecule has 2 rings (SSSR count). The van der Waals surface area contributed by atoms with Gasteiger partial charge >= 0.3 is 0 Å². The van der Waals surface area contributed by atoms with Crippen molar-refractivity contribution in [3.05, 3.63) is 65.2 Å². The van der Waals surface area contributed by atoms with Gasteiger partial charge in [-0.2, -0.15) is 0 Å². The van der Waals surface area contributed by atoms with Crippen LogP contribution in [0.1, 0.15) is 19.4 Å². The lowest BCUT2D eigenvalue weighted by atomic mass is 10.2. The quantitative estimate of drug-likeness (QED) is 0.806. The number of hydrogen-bond acceptors (Lipinski definition) is 2. The fourth-order valence-corrected chi connectivity index (χ4v) is 2.05. The monoisotopic (exact) mass is 315 g/mol. The molecule has 0 heterocycles. The highest BCUT2D eigenvalue weighted by Crippen LogP contribution is 2.17. The van der Waals surface area contributed by atoms with Crippen LogP contribution < -0.4 is 10.1 Å². The standard InChI is InChI=1S/C18H18ClNO2/c1-13(2)22-17-9-7-16(8-10-17)20-18(21)11-6-14-4-3-5-15(19)12-14/h3-13H,1-2H3,(H,20,21). The van der Waals surface area contributed by atoms with Crippen LogP contribution in [0.25, 0.3) is 6.08 Å². The maximum atomic E-state index is 11.9. The summed E-state index contributed by atoms with van der Waals surface area (Å²) in [5.41, 5.74) is 1.60. The second-order valence-electron chi connectivity index (χ2n) is 5.07. The molecule has 1 N–H and O–H groups in total. The lowest BCUT2D eigenvalue weighted by Gasteiger charge is -2.10. The van der Waals surface area contributed by atoms with Gasteiger partial charge in [-0.3, -0.25) is 4.79 Å². The summed E-state index contributed by atoms with van der Waals surface area (Å²) in [6.45, 7) is 3.94. The zero-order valence-corrected chi connectivity index (χ0v) is 13.3. The van der Waals surface area contributed by atoms with E-state index in [1.165, 1.54) is 6.08 Å². The van der Waals surface area contributed by atoms with Crippen LogP contribution >= 0.6 is 11.6 Å². The Hall–Kier alpha value is -2.26. The Morgan fingerprint density at radius 1 is 1.18 bits per heavy atom. The van der Waals surface area contributed by atoms with Crippen molar-refractivity contribution in [2.75, 3.05) is 5.32 Å². The van der Waals surface area contributed by atoms with Gasteiger partial charge in [-0.05, 0) is 61.9 Å². The summed E-state index contributed by atoms with van der Waals surface area (Å²) >= 11 is 5.89. The van der Waals surface area contributed by atoms with Gasteiger partial charge in [0, 0.05) is 16.8 Å². The molecule has 0 unspecified atom stereocenters. The van der Waals surface area contributed by atoms with Gasteiger partial charge in [-0.1, -0.05) is 23.7 Å². The van der Waals surface area contributed by atoms with Crippen molar-refractivity contribution >= 4 is 29.3 Å². The highest BCUT2D eigenvalue weighted by molar-refractivity contribution is 6.30. The summed E-state index contributed by atoms with van der Waals surface area (Å²) in [4.78, 5) is 11.9. The molecule has 0 aliphatic carbocycles. The van der Waals surface area contributed by atoms with E-state index in [0.717, 1.165) is 17.0 Å². The highest BCUT2D eigenvalue weighted by atomic mass is 35.5. The van der Waals surface area contributed by atoms with E-state index in [1.807, 2.05) is 50.2 Å². The molecule has 0 fully saturated rings. The summed E-state index contributed by atoms with van der Waals surface area (Å²) in [6, 6.07) is 14.6. The van der Waals surface area contributed by atoms with Crippen LogP contribution in [0.4, 0.5) is 5.69 Å². The zero-order valence-electron chi connectivity index (χ0n) is 12.5. The maximum Gasteiger partial charge on any atom is 0.248 e. The summed E-state index contributed by atoms with van der Waals surface area (Å²) in [5, 5.41) is 3.43. The van der Waals surface area contributed by atoms with E-state index in [9.17, 15) is 4.79 Å². The number of amides is 1. The van der Waals surface area contributed by atoms with E-state index >= 15 is 0 Å². The first-order valence-corrected chi connectivity index (χ1v) is 7.42. The molecule has 0 atom stereocenters. The van der Waals surface area contributed by atoms with Crippen LogP contribution in [0.5, 0.6) is 5.75 Å². The number of carbonyl (C=O) groups is 1. The van der Waals surface area contributed by atoms with Crippen LogP contribution in [0.2, 0.25) is 5.02 Å². The first kappa shape index (κ1) is 16.1. The van der Waals surface area contributed by atoms with Gasteiger partial charge in [0.25, 0.3) is 0 Å². The van der Waals surface area contributed by atoms with Gasteiger partial charge < -0.3 is 10.1 Å². The number of ether oxygens (including phenoxy) is 1. The lowest BCUT2D eigenvalue weighted by Crippen LogP contribution is -2.08. The number of benzene rings is 2. The van der Waals surface area contributed by atoms with Gasteiger partial charge in [0.05, 0.1) is 6.10 Å². The highest BCUT2D eigenvalue weighted by Gasteiger charge is 2.00. The number of rotatable bonds is 5. The number of halogens is 1. The Balaban J connectivity index is 1.94. The molecule has 0 saturated heterocycles. The first-order valence-electron chi connectivity index (χ1n) is 7.04. The third kappa shape index (κ3) is 5.26. The molecule has 4 heteroatoms. The van der Waals surface area contributed by atoms with E-state index in [2.05, 4.69) is 5.32 Å². The Kier molecular flexibility index (Phi) is 5.61. The molecule has 0 spiro atoms. The molecule has 0 saturated carbocycles. The minimum Gasteiger partial charge on any atom is -0.491 e. The SMILES string of the molecule is CC(C)Oc1ccc(NC(=O)C=Cc2cccc(Cl)c2)cc1. The Morgan fingerprint density at radius 3 is 2.55 bits per heavy atom. The van der Waals surface area contributed by atoms with Gasteiger partial charge in [0.1, 0.15) is 5.75 Å². The van der Waals surface area contributed by atoms with Crippen LogP contribution in [0.15, 0.2) is 54.6 Å². The van der Waals surface area contributed by atoms with E-state index in [0.29, 0.717) is 5.02 Å². The second kappa shape index (κ2) is 7.66. The number of anilines is 1. The fourth-order valence-electron chi connectivity index (χ4n) is 1.86. The van der Waals surface area contributed by atoms with E-state index in [-0.39, 0.29) is 12.0 Å². The molecule has 0 aromatic heterocycles. The Morgan fingerprint density at radius 2 is 1.91 bits per heavy atom. The minimum absolute atomic E-state index is 0.126. The van der Waals surface area contributed by atoms with Crippen molar-refractivity contribution in [2.24, 2.45) is 0 Å². The Bertz CT molecular complexity index is 663. The maximum absolute atomic E-state index is 11.9. The summed E-state index contributed by atoms with van der Waals surface area (Å²) in [5.74, 6) is 0.583. The minimum atomic E-state index is -0.197. The molecule has 114 valence electrons. The smallest absolute Gasteiger partial charge is 0.248 e. The summed E-state index contributed by atoms with van der Waals surface area (Å²) in [7, 11) is 0. The molecule has 3 nitrogen and oxygen atoms in total. The molecular weight excluding hydrogens is 298 g/mol. The number of carbonyl (C=O) groups excluding carboxylic acids is 1. The molecule has 0 radical (unpaired) electrons. The molecule has 2 aromatic carbocycles. The molecule has 2 aromatic rings. The van der Waals surface area contributed by atoms with Crippen molar-refractivity contribution in [2.45, 2.75) is 20.0 Å². The van der Waals surface area contributed by atoms with Crippen molar-refractivity contribution in [1.29, 1.82) is 0 Å². The lowest BCUT2D eigenvalue weighted by molar-refractivity contribution is -0.111. The molecule has 1 amide bonds.